The molecule has 2 atom stereocenters. The fourth-order valence-electron chi connectivity index (χ4n) is 2.60. The van der Waals surface area contributed by atoms with Crippen molar-refractivity contribution in [2.24, 2.45) is 0 Å². The summed E-state index contributed by atoms with van der Waals surface area (Å²) in [6.07, 6.45) is 5.70. The Kier molecular flexibility index (Phi) is 4.97. The molecule has 19 heavy (non-hydrogen) atoms. The second-order valence-corrected chi connectivity index (χ2v) is 7.95. The fraction of sp³-hybridized carbons (Fsp3) is 0.647. The maximum absolute atomic E-state index is 10.2. The molecule has 0 saturated heterocycles. The van der Waals surface area contributed by atoms with E-state index in [1.54, 1.807) is 0 Å². The first kappa shape index (κ1) is 14.9. The zero-order valence-electron chi connectivity index (χ0n) is 12.4. The molecule has 1 fully saturated rings. The van der Waals surface area contributed by atoms with E-state index in [0.29, 0.717) is 5.25 Å². The van der Waals surface area contributed by atoms with E-state index >= 15 is 0 Å². The van der Waals surface area contributed by atoms with Crippen molar-refractivity contribution in [3.8, 4) is 0 Å². The molecule has 1 aliphatic rings. The number of hydrogen-bond acceptors (Lipinski definition) is 2. The first-order valence-electron chi connectivity index (χ1n) is 7.42. The van der Waals surface area contributed by atoms with Crippen LogP contribution in [0.1, 0.15) is 58.4 Å². The van der Waals surface area contributed by atoms with Gasteiger partial charge in [0.1, 0.15) is 0 Å². The molecule has 0 unspecified atom stereocenters. The molecule has 1 N–H and O–H groups in total. The molecular formula is C17H26OS. The van der Waals surface area contributed by atoms with Crippen LogP contribution in [0.3, 0.4) is 0 Å². The van der Waals surface area contributed by atoms with Crippen molar-refractivity contribution in [1.29, 1.82) is 0 Å². The fourth-order valence-corrected chi connectivity index (χ4v) is 3.82. The molecule has 0 amide bonds. The van der Waals surface area contributed by atoms with Gasteiger partial charge in [-0.1, -0.05) is 52.2 Å². The van der Waals surface area contributed by atoms with Gasteiger partial charge < -0.3 is 5.11 Å². The normalized spacial score (nSPS) is 25.1. The highest BCUT2D eigenvalue weighted by Gasteiger charge is 2.22. The highest BCUT2D eigenvalue weighted by molar-refractivity contribution is 8.00. The molecular weight excluding hydrogens is 252 g/mol. The Morgan fingerprint density at radius 1 is 1.00 bits per heavy atom. The van der Waals surface area contributed by atoms with Gasteiger partial charge in [0.25, 0.3) is 0 Å². The van der Waals surface area contributed by atoms with Crippen LogP contribution in [0.4, 0.5) is 0 Å². The lowest BCUT2D eigenvalue weighted by Crippen LogP contribution is -2.21. The van der Waals surface area contributed by atoms with Gasteiger partial charge in [0.05, 0.1) is 6.10 Å². The van der Waals surface area contributed by atoms with Crippen LogP contribution in [0.2, 0.25) is 0 Å². The molecule has 2 heteroatoms. The number of aliphatic hydroxyl groups is 1. The monoisotopic (exact) mass is 278 g/mol. The summed E-state index contributed by atoms with van der Waals surface area (Å²) in [6.45, 7) is 6.72. The van der Waals surface area contributed by atoms with Gasteiger partial charge in [-0.15, -0.1) is 11.8 Å². The maximum atomic E-state index is 10.2. The summed E-state index contributed by atoms with van der Waals surface area (Å²) < 4.78 is 0. The predicted molar refractivity (Wildman–Crippen MR) is 83.9 cm³/mol. The number of aliphatic hydroxyl groups excluding tert-OH is 1. The Labute approximate surface area is 121 Å². The van der Waals surface area contributed by atoms with E-state index in [4.69, 9.17) is 0 Å². The van der Waals surface area contributed by atoms with Gasteiger partial charge in [0.2, 0.25) is 0 Å². The number of benzene rings is 1. The SMILES string of the molecule is CC(C)(C)c1ccc(S[C@@H]2CCCCC[C@H]2O)cc1. The summed E-state index contributed by atoms with van der Waals surface area (Å²) in [6, 6.07) is 8.88. The van der Waals surface area contributed by atoms with Gasteiger partial charge in [0, 0.05) is 10.1 Å². The Hall–Kier alpha value is -0.470. The molecule has 1 aromatic carbocycles. The third-order valence-electron chi connectivity index (χ3n) is 3.93. The summed E-state index contributed by atoms with van der Waals surface area (Å²) in [5.41, 5.74) is 1.59. The van der Waals surface area contributed by atoms with Gasteiger partial charge in [-0.25, -0.2) is 0 Å². The van der Waals surface area contributed by atoms with Crippen LogP contribution in [0.15, 0.2) is 29.2 Å². The zero-order valence-corrected chi connectivity index (χ0v) is 13.2. The highest BCUT2D eigenvalue weighted by atomic mass is 32.2. The van der Waals surface area contributed by atoms with Gasteiger partial charge >= 0.3 is 0 Å². The van der Waals surface area contributed by atoms with E-state index < -0.39 is 0 Å². The molecule has 1 aromatic rings. The molecule has 0 spiro atoms. The van der Waals surface area contributed by atoms with Crippen LogP contribution in [0.5, 0.6) is 0 Å². The van der Waals surface area contributed by atoms with Crippen molar-refractivity contribution in [2.75, 3.05) is 0 Å². The maximum Gasteiger partial charge on any atom is 0.0662 e. The largest absolute Gasteiger partial charge is 0.392 e. The van der Waals surface area contributed by atoms with Crippen LogP contribution in [-0.4, -0.2) is 16.5 Å². The minimum atomic E-state index is -0.130. The van der Waals surface area contributed by atoms with Crippen LogP contribution in [0.25, 0.3) is 0 Å². The van der Waals surface area contributed by atoms with Crippen molar-refractivity contribution in [3.05, 3.63) is 29.8 Å². The van der Waals surface area contributed by atoms with Crippen molar-refractivity contribution in [2.45, 2.75) is 74.5 Å². The average molecular weight is 278 g/mol. The number of thioether (sulfide) groups is 1. The van der Waals surface area contributed by atoms with Gasteiger partial charge in [-0.2, -0.15) is 0 Å². The highest BCUT2D eigenvalue weighted by Crippen LogP contribution is 2.34. The molecule has 0 aliphatic heterocycles. The lowest BCUT2D eigenvalue weighted by Gasteiger charge is -2.21. The molecule has 1 nitrogen and oxygen atoms in total. The number of rotatable bonds is 2. The van der Waals surface area contributed by atoms with Crippen LogP contribution >= 0.6 is 11.8 Å². The third-order valence-corrected chi connectivity index (χ3v) is 5.32. The second kappa shape index (κ2) is 6.32. The molecule has 2 rings (SSSR count). The van der Waals surface area contributed by atoms with Crippen LogP contribution in [-0.2, 0) is 5.41 Å². The summed E-state index contributed by atoms with van der Waals surface area (Å²) in [5, 5.41) is 10.6. The minimum absolute atomic E-state index is 0.130. The lowest BCUT2D eigenvalue weighted by atomic mass is 9.87. The van der Waals surface area contributed by atoms with Crippen molar-refractivity contribution < 1.29 is 5.11 Å². The van der Waals surface area contributed by atoms with Crippen molar-refractivity contribution in [1.82, 2.24) is 0 Å². The lowest BCUT2D eigenvalue weighted by molar-refractivity contribution is 0.163. The van der Waals surface area contributed by atoms with E-state index in [0.717, 1.165) is 12.8 Å². The topological polar surface area (TPSA) is 20.2 Å². The standard InChI is InChI=1S/C17H26OS/c1-17(2,3)13-9-11-14(12-10-13)19-16-8-6-4-5-7-15(16)18/h9-12,15-16,18H,4-8H2,1-3H3/t15-,16-/m1/s1. The van der Waals surface area contributed by atoms with Crippen LogP contribution in [0, 0.1) is 0 Å². The quantitative estimate of drug-likeness (QED) is 0.786. The Balaban J connectivity index is 2.02. The van der Waals surface area contributed by atoms with Crippen molar-refractivity contribution >= 4 is 11.8 Å². The zero-order chi connectivity index (χ0) is 13.9. The molecule has 1 saturated carbocycles. The Bertz CT molecular complexity index is 391. The summed E-state index contributed by atoms with van der Waals surface area (Å²) in [4.78, 5) is 1.29. The molecule has 0 bridgehead atoms. The molecule has 0 radical (unpaired) electrons. The molecule has 1 aliphatic carbocycles. The van der Waals surface area contributed by atoms with E-state index in [2.05, 4.69) is 45.0 Å². The average Bonchev–Trinajstić information content (AvgIpc) is 2.55. The summed E-state index contributed by atoms with van der Waals surface area (Å²) in [7, 11) is 0. The third kappa shape index (κ3) is 4.25. The van der Waals surface area contributed by atoms with Crippen molar-refractivity contribution in [3.63, 3.8) is 0 Å². The molecule has 0 heterocycles. The first-order chi connectivity index (χ1) is 8.97. The van der Waals surface area contributed by atoms with E-state index in [-0.39, 0.29) is 11.5 Å². The Morgan fingerprint density at radius 3 is 2.26 bits per heavy atom. The van der Waals surface area contributed by atoms with Gasteiger partial charge in [-0.05, 0) is 36.0 Å². The minimum Gasteiger partial charge on any atom is -0.392 e. The molecule has 0 aromatic heterocycles. The van der Waals surface area contributed by atoms with Gasteiger partial charge in [-0.3, -0.25) is 0 Å². The first-order valence-corrected chi connectivity index (χ1v) is 8.30. The Morgan fingerprint density at radius 2 is 1.63 bits per heavy atom. The van der Waals surface area contributed by atoms with E-state index in [1.165, 1.54) is 29.7 Å². The molecule has 106 valence electrons. The van der Waals surface area contributed by atoms with Crippen LogP contribution < -0.4 is 0 Å². The predicted octanol–water partition coefficient (Wildman–Crippen LogP) is 4.77. The van der Waals surface area contributed by atoms with E-state index in [1.807, 2.05) is 11.8 Å². The second-order valence-electron chi connectivity index (χ2n) is 6.64. The number of hydrogen-bond donors (Lipinski definition) is 1. The summed E-state index contributed by atoms with van der Waals surface area (Å²) >= 11 is 1.86. The van der Waals surface area contributed by atoms with E-state index in [9.17, 15) is 5.11 Å². The smallest absolute Gasteiger partial charge is 0.0662 e. The van der Waals surface area contributed by atoms with Gasteiger partial charge in [0.15, 0.2) is 0 Å². The summed E-state index contributed by atoms with van der Waals surface area (Å²) in [5.74, 6) is 0.